The van der Waals surface area contributed by atoms with Crippen LogP contribution in [0.15, 0.2) is 42.6 Å². The summed E-state index contributed by atoms with van der Waals surface area (Å²) < 4.78 is 0. The Kier molecular flexibility index (Phi) is 2.19. The van der Waals surface area contributed by atoms with Gasteiger partial charge in [0, 0.05) is 11.9 Å². The lowest BCUT2D eigenvalue weighted by Crippen LogP contribution is -1.82. The van der Waals surface area contributed by atoms with Gasteiger partial charge in [0.05, 0.1) is 0 Å². The fraction of sp³-hybridized carbons (Fsp3) is 0.0833. The zero-order chi connectivity index (χ0) is 9.97. The molecule has 2 aromatic rings. The van der Waals surface area contributed by atoms with Gasteiger partial charge in [-0.1, -0.05) is 12.1 Å². The third-order valence-electron chi connectivity index (χ3n) is 2.10. The molecule has 1 aromatic heterocycles. The molecule has 14 heavy (non-hydrogen) atoms. The Bertz CT molecular complexity index is 434. The van der Waals surface area contributed by atoms with E-state index in [0.29, 0.717) is 5.75 Å². The minimum atomic E-state index is 0.291. The van der Waals surface area contributed by atoms with E-state index >= 15 is 0 Å². The molecule has 2 nitrogen and oxygen atoms in total. The molecule has 0 fully saturated rings. The summed E-state index contributed by atoms with van der Waals surface area (Å²) in [5, 5.41) is 9.15. The van der Waals surface area contributed by atoms with E-state index in [1.165, 1.54) is 0 Å². The van der Waals surface area contributed by atoms with Crippen LogP contribution in [0.3, 0.4) is 0 Å². The van der Waals surface area contributed by atoms with Crippen molar-refractivity contribution in [2.45, 2.75) is 6.92 Å². The van der Waals surface area contributed by atoms with Gasteiger partial charge in [0.15, 0.2) is 0 Å². The monoisotopic (exact) mass is 185 g/mol. The molecule has 0 aliphatic rings. The predicted octanol–water partition coefficient (Wildman–Crippen LogP) is 2.76. The highest BCUT2D eigenvalue weighted by Gasteiger charge is 1.97. The molecule has 1 N–H and O–H groups in total. The topological polar surface area (TPSA) is 33.1 Å². The van der Waals surface area contributed by atoms with E-state index in [4.69, 9.17) is 5.11 Å². The van der Waals surface area contributed by atoms with E-state index in [-0.39, 0.29) is 0 Å². The van der Waals surface area contributed by atoms with E-state index in [1.54, 1.807) is 18.3 Å². The highest BCUT2D eigenvalue weighted by molar-refractivity contribution is 5.63. The maximum Gasteiger partial charge on any atom is 0.115 e. The number of aromatic hydroxyl groups is 1. The van der Waals surface area contributed by atoms with Crippen LogP contribution in [0, 0.1) is 6.92 Å². The molecule has 70 valence electrons. The van der Waals surface area contributed by atoms with Crippen molar-refractivity contribution < 1.29 is 5.11 Å². The first-order valence-corrected chi connectivity index (χ1v) is 4.48. The van der Waals surface area contributed by atoms with Gasteiger partial charge in [0.25, 0.3) is 0 Å². The molecule has 1 heterocycles. The standard InChI is InChI=1S/C12H11NO/c1-9-8-11(6-7-13-9)10-2-4-12(14)5-3-10/h2-8,14H,1H3. The largest absolute Gasteiger partial charge is 0.508 e. The second-order valence-electron chi connectivity index (χ2n) is 3.23. The maximum absolute atomic E-state index is 9.15. The lowest BCUT2D eigenvalue weighted by molar-refractivity contribution is 0.475. The summed E-state index contributed by atoms with van der Waals surface area (Å²) >= 11 is 0. The number of benzene rings is 1. The van der Waals surface area contributed by atoms with Crippen molar-refractivity contribution in [3.63, 3.8) is 0 Å². The van der Waals surface area contributed by atoms with Crippen molar-refractivity contribution in [2.24, 2.45) is 0 Å². The van der Waals surface area contributed by atoms with Gasteiger partial charge in [-0.05, 0) is 42.3 Å². The van der Waals surface area contributed by atoms with Crippen LogP contribution in [0.2, 0.25) is 0 Å². The number of aromatic nitrogens is 1. The van der Waals surface area contributed by atoms with E-state index in [1.807, 2.05) is 31.2 Å². The molecule has 0 unspecified atom stereocenters. The van der Waals surface area contributed by atoms with Gasteiger partial charge in [0.2, 0.25) is 0 Å². The van der Waals surface area contributed by atoms with Gasteiger partial charge in [-0.2, -0.15) is 0 Å². The SMILES string of the molecule is Cc1cc(-c2ccc(O)cc2)ccn1. The van der Waals surface area contributed by atoms with Crippen LogP contribution in [0.25, 0.3) is 11.1 Å². The Morgan fingerprint density at radius 3 is 2.36 bits per heavy atom. The minimum absolute atomic E-state index is 0.291. The average Bonchev–Trinajstić information content (AvgIpc) is 2.19. The van der Waals surface area contributed by atoms with Crippen LogP contribution < -0.4 is 0 Å². The van der Waals surface area contributed by atoms with Crippen LogP contribution in [0.4, 0.5) is 0 Å². The number of nitrogens with zero attached hydrogens (tertiary/aromatic N) is 1. The first-order chi connectivity index (χ1) is 6.75. The van der Waals surface area contributed by atoms with E-state index in [2.05, 4.69) is 4.98 Å². The summed E-state index contributed by atoms with van der Waals surface area (Å²) in [4.78, 5) is 4.13. The highest BCUT2D eigenvalue weighted by Crippen LogP contribution is 2.21. The van der Waals surface area contributed by atoms with Crippen LogP contribution >= 0.6 is 0 Å². The van der Waals surface area contributed by atoms with Gasteiger partial charge in [-0.25, -0.2) is 0 Å². The number of phenolic OH excluding ortho intramolecular Hbond substituents is 1. The molecule has 2 rings (SSSR count). The van der Waals surface area contributed by atoms with Crippen LogP contribution in [-0.4, -0.2) is 10.1 Å². The summed E-state index contributed by atoms with van der Waals surface area (Å²) in [6, 6.07) is 11.1. The van der Waals surface area contributed by atoms with Crippen molar-refractivity contribution in [1.82, 2.24) is 4.98 Å². The summed E-state index contributed by atoms with van der Waals surface area (Å²) in [6.07, 6.45) is 1.79. The first-order valence-electron chi connectivity index (χ1n) is 4.48. The van der Waals surface area contributed by atoms with Crippen molar-refractivity contribution in [1.29, 1.82) is 0 Å². The molecular formula is C12H11NO. The van der Waals surface area contributed by atoms with E-state index in [9.17, 15) is 0 Å². The molecular weight excluding hydrogens is 174 g/mol. The lowest BCUT2D eigenvalue weighted by atomic mass is 10.1. The number of rotatable bonds is 1. The number of hydrogen-bond donors (Lipinski definition) is 1. The molecule has 0 radical (unpaired) electrons. The Balaban J connectivity index is 2.44. The number of aryl methyl sites for hydroxylation is 1. The first kappa shape index (κ1) is 8.75. The molecule has 1 aromatic carbocycles. The second-order valence-corrected chi connectivity index (χ2v) is 3.23. The lowest BCUT2D eigenvalue weighted by Gasteiger charge is -2.02. The summed E-state index contributed by atoms with van der Waals surface area (Å²) in [7, 11) is 0. The van der Waals surface area contributed by atoms with Gasteiger partial charge in [-0.15, -0.1) is 0 Å². The Morgan fingerprint density at radius 2 is 1.71 bits per heavy atom. The zero-order valence-corrected chi connectivity index (χ0v) is 7.94. The van der Waals surface area contributed by atoms with E-state index in [0.717, 1.165) is 16.8 Å². The van der Waals surface area contributed by atoms with Crippen LogP contribution in [-0.2, 0) is 0 Å². The Hall–Kier alpha value is -1.83. The molecule has 0 saturated heterocycles. The molecule has 0 spiro atoms. The normalized spacial score (nSPS) is 10.1. The minimum Gasteiger partial charge on any atom is -0.508 e. The van der Waals surface area contributed by atoms with Gasteiger partial charge < -0.3 is 5.11 Å². The second kappa shape index (κ2) is 3.50. The number of hydrogen-bond acceptors (Lipinski definition) is 2. The van der Waals surface area contributed by atoms with Gasteiger partial charge in [0.1, 0.15) is 5.75 Å². The molecule has 0 aliphatic carbocycles. The molecule has 0 bridgehead atoms. The van der Waals surface area contributed by atoms with Crippen molar-refractivity contribution in [3.8, 4) is 16.9 Å². The maximum atomic E-state index is 9.15. The quantitative estimate of drug-likeness (QED) is 0.741. The number of phenols is 1. The third-order valence-corrected chi connectivity index (χ3v) is 2.10. The molecule has 0 atom stereocenters. The van der Waals surface area contributed by atoms with Crippen molar-refractivity contribution in [3.05, 3.63) is 48.3 Å². The summed E-state index contributed by atoms with van der Waals surface area (Å²) in [5.41, 5.74) is 3.21. The van der Waals surface area contributed by atoms with Crippen molar-refractivity contribution in [2.75, 3.05) is 0 Å². The molecule has 2 heteroatoms. The molecule has 0 saturated carbocycles. The predicted molar refractivity (Wildman–Crippen MR) is 56.1 cm³/mol. The fourth-order valence-electron chi connectivity index (χ4n) is 1.38. The van der Waals surface area contributed by atoms with E-state index < -0.39 is 0 Å². The fourth-order valence-corrected chi connectivity index (χ4v) is 1.38. The Morgan fingerprint density at radius 1 is 1.00 bits per heavy atom. The molecule has 0 amide bonds. The Labute approximate surface area is 82.9 Å². The summed E-state index contributed by atoms with van der Waals surface area (Å²) in [6.45, 7) is 1.96. The van der Waals surface area contributed by atoms with Crippen LogP contribution in [0.1, 0.15) is 5.69 Å². The smallest absolute Gasteiger partial charge is 0.115 e. The molecule has 0 aliphatic heterocycles. The average molecular weight is 185 g/mol. The summed E-state index contributed by atoms with van der Waals surface area (Å²) in [5.74, 6) is 0.291. The van der Waals surface area contributed by atoms with Gasteiger partial charge in [-0.3, -0.25) is 4.98 Å². The van der Waals surface area contributed by atoms with Gasteiger partial charge >= 0.3 is 0 Å². The van der Waals surface area contributed by atoms with Crippen LogP contribution in [0.5, 0.6) is 5.75 Å². The zero-order valence-electron chi connectivity index (χ0n) is 7.94. The highest BCUT2D eigenvalue weighted by atomic mass is 16.3. The van der Waals surface area contributed by atoms with Crippen molar-refractivity contribution >= 4 is 0 Å². The third kappa shape index (κ3) is 1.74. The number of pyridine rings is 1.